The van der Waals surface area contributed by atoms with Crippen LogP contribution in [0.1, 0.15) is 56.2 Å². The molecule has 134 valence electrons. The molecule has 0 spiro atoms. The first kappa shape index (κ1) is 16.8. The van der Waals surface area contributed by atoms with E-state index in [2.05, 4.69) is 21.0 Å². The minimum absolute atomic E-state index is 0.271. The number of fused-ring (bicyclic) bond motifs is 2. The molecule has 0 unspecified atom stereocenters. The van der Waals surface area contributed by atoms with Crippen LogP contribution in [0.2, 0.25) is 0 Å². The van der Waals surface area contributed by atoms with Crippen LogP contribution in [0, 0.1) is 0 Å². The molecule has 0 saturated carbocycles. The van der Waals surface area contributed by atoms with Crippen molar-refractivity contribution < 1.29 is 9.59 Å². The number of benzene rings is 1. The highest BCUT2D eigenvalue weighted by atomic mass is 32.1. The van der Waals surface area contributed by atoms with Gasteiger partial charge in [-0.25, -0.2) is 0 Å². The number of rotatable bonds is 2. The van der Waals surface area contributed by atoms with E-state index in [1.54, 1.807) is 18.3 Å². The highest BCUT2D eigenvalue weighted by Gasteiger charge is 2.17. The predicted molar refractivity (Wildman–Crippen MR) is 101 cm³/mol. The summed E-state index contributed by atoms with van der Waals surface area (Å²) in [4.78, 5) is 26.8. The fourth-order valence-electron chi connectivity index (χ4n) is 3.36. The normalized spacial score (nSPS) is 14.3. The number of thiophene rings is 1. The van der Waals surface area contributed by atoms with Crippen LogP contribution in [-0.4, -0.2) is 22.0 Å². The smallest absolute Gasteiger partial charge is 0.277 e. The maximum atomic E-state index is 12.4. The summed E-state index contributed by atoms with van der Waals surface area (Å²) in [6, 6.07) is 7.32. The molecule has 7 heteroatoms. The van der Waals surface area contributed by atoms with E-state index in [4.69, 9.17) is 0 Å². The molecule has 0 aliphatic heterocycles. The number of para-hydroxylation sites is 1. The third-order valence-electron chi connectivity index (χ3n) is 4.73. The van der Waals surface area contributed by atoms with Crippen LogP contribution in [0.5, 0.6) is 0 Å². The average molecular weight is 368 g/mol. The van der Waals surface area contributed by atoms with Crippen molar-refractivity contribution in [2.24, 2.45) is 0 Å². The predicted octanol–water partition coefficient (Wildman–Crippen LogP) is 3.36. The number of carbonyl (C=O) groups is 2. The Bertz CT molecular complexity index is 934. The zero-order valence-corrected chi connectivity index (χ0v) is 15.1. The van der Waals surface area contributed by atoms with Crippen molar-refractivity contribution in [3.63, 3.8) is 0 Å². The molecule has 1 aliphatic carbocycles. The van der Waals surface area contributed by atoms with Crippen LogP contribution >= 0.6 is 11.3 Å². The second-order valence-corrected chi connectivity index (χ2v) is 7.66. The minimum atomic E-state index is -0.372. The number of nitrogens with zero attached hydrogens (tertiary/aromatic N) is 1. The lowest BCUT2D eigenvalue weighted by Crippen LogP contribution is -2.41. The van der Waals surface area contributed by atoms with Crippen molar-refractivity contribution in [2.75, 3.05) is 0 Å². The van der Waals surface area contributed by atoms with Crippen LogP contribution < -0.4 is 10.9 Å². The Balaban J connectivity index is 1.44. The Morgan fingerprint density at radius 1 is 1.04 bits per heavy atom. The number of hydrogen-bond acceptors (Lipinski definition) is 4. The summed E-state index contributed by atoms with van der Waals surface area (Å²) in [7, 11) is 0. The summed E-state index contributed by atoms with van der Waals surface area (Å²) >= 11 is 1.54. The molecule has 1 aromatic carbocycles. The summed E-state index contributed by atoms with van der Waals surface area (Å²) < 4.78 is 0. The second-order valence-electron chi connectivity index (χ2n) is 6.52. The molecule has 1 aliphatic rings. The number of aromatic amines is 1. The molecule has 2 aromatic heterocycles. The third-order valence-corrected chi connectivity index (χ3v) is 5.97. The van der Waals surface area contributed by atoms with Crippen LogP contribution in [-0.2, 0) is 12.8 Å². The zero-order chi connectivity index (χ0) is 17.9. The molecule has 2 amide bonds. The minimum Gasteiger partial charge on any atom is -0.277 e. The summed E-state index contributed by atoms with van der Waals surface area (Å²) in [5, 5.41) is 7.61. The summed E-state index contributed by atoms with van der Waals surface area (Å²) in [6.45, 7) is 0. The van der Waals surface area contributed by atoms with E-state index >= 15 is 0 Å². The van der Waals surface area contributed by atoms with Gasteiger partial charge in [0, 0.05) is 10.3 Å². The highest BCUT2D eigenvalue weighted by molar-refractivity contribution is 7.14. The molecular formula is C19H20N4O2S. The van der Waals surface area contributed by atoms with Crippen molar-refractivity contribution in [1.29, 1.82) is 0 Å². The number of hydrogen-bond donors (Lipinski definition) is 3. The van der Waals surface area contributed by atoms with E-state index in [1.165, 1.54) is 47.5 Å². The lowest BCUT2D eigenvalue weighted by atomic mass is 10.00. The van der Waals surface area contributed by atoms with Crippen LogP contribution in [0.15, 0.2) is 30.5 Å². The first-order chi connectivity index (χ1) is 12.7. The number of H-pyrrole nitrogens is 1. The number of carbonyl (C=O) groups excluding carboxylic acids is 2. The maximum Gasteiger partial charge on any atom is 0.279 e. The lowest BCUT2D eigenvalue weighted by Gasteiger charge is -2.07. The Kier molecular flexibility index (Phi) is 4.71. The molecule has 4 rings (SSSR count). The van der Waals surface area contributed by atoms with E-state index in [0.29, 0.717) is 16.0 Å². The van der Waals surface area contributed by atoms with Gasteiger partial charge in [0.1, 0.15) is 0 Å². The van der Waals surface area contributed by atoms with Gasteiger partial charge < -0.3 is 0 Å². The molecule has 0 bridgehead atoms. The van der Waals surface area contributed by atoms with E-state index in [1.807, 2.05) is 12.1 Å². The summed E-state index contributed by atoms with van der Waals surface area (Å²) in [6.07, 6.45) is 8.61. The molecule has 0 fully saturated rings. The van der Waals surface area contributed by atoms with Crippen LogP contribution in [0.3, 0.4) is 0 Å². The molecule has 0 radical (unpaired) electrons. The third kappa shape index (κ3) is 3.35. The second kappa shape index (κ2) is 7.29. The Morgan fingerprint density at radius 2 is 1.85 bits per heavy atom. The standard InChI is InChI=1S/C19H20N4O2S/c24-18(14-8-5-7-13-11-20-21-17(13)14)22-23-19(25)16-10-12-6-3-1-2-4-9-15(12)26-16/h5,7-8,10-11H,1-4,6,9H2,(H,20,21)(H,22,24)(H,23,25). The summed E-state index contributed by atoms with van der Waals surface area (Å²) in [5.74, 6) is -0.644. The van der Waals surface area contributed by atoms with Gasteiger partial charge in [-0.2, -0.15) is 5.10 Å². The van der Waals surface area contributed by atoms with Crippen molar-refractivity contribution in [3.05, 3.63) is 51.3 Å². The van der Waals surface area contributed by atoms with Gasteiger partial charge in [0.05, 0.1) is 22.2 Å². The van der Waals surface area contributed by atoms with Gasteiger partial charge >= 0.3 is 0 Å². The topological polar surface area (TPSA) is 86.9 Å². The van der Waals surface area contributed by atoms with E-state index in [0.717, 1.165) is 18.2 Å². The molecule has 6 nitrogen and oxygen atoms in total. The van der Waals surface area contributed by atoms with Gasteiger partial charge in [0.25, 0.3) is 11.8 Å². The lowest BCUT2D eigenvalue weighted by molar-refractivity contribution is 0.0849. The number of nitrogens with one attached hydrogen (secondary N) is 3. The van der Waals surface area contributed by atoms with Crippen molar-refractivity contribution >= 4 is 34.1 Å². The van der Waals surface area contributed by atoms with E-state index in [-0.39, 0.29) is 11.8 Å². The van der Waals surface area contributed by atoms with Gasteiger partial charge in [-0.05, 0) is 43.4 Å². The first-order valence-electron chi connectivity index (χ1n) is 8.87. The average Bonchev–Trinajstić information content (AvgIpc) is 3.26. The van der Waals surface area contributed by atoms with Gasteiger partial charge in [0.2, 0.25) is 0 Å². The Hall–Kier alpha value is -2.67. The molecular weight excluding hydrogens is 348 g/mol. The van der Waals surface area contributed by atoms with Crippen LogP contribution in [0.4, 0.5) is 0 Å². The molecule has 0 atom stereocenters. The molecule has 3 N–H and O–H groups in total. The quantitative estimate of drug-likeness (QED) is 0.606. The fourth-order valence-corrected chi connectivity index (χ4v) is 4.51. The monoisotopic (exact) mass is 368 g/mol. The van der Waals surface area contributed by atoms with E-state index < -0.39 is 0 Å². The largest absolute Gasteiger partial charge is 0.279 e. The Labute approximate surface area is 155 Å². The fraction of sp³-hybridized carbons (Fsp3) is 0.316. The van der Waals surface area contributed by atoms with Crippen molar-refractivity contribution in [3.8, 4) is 0 Å². The van der Waals surface area contributed by atoms with Crippen molar-refractivity contribution in [1.82, 2.24) is 21.0 Å². The van der Waals surface area contributed by atoms with Gasteiger partial charge in [-0.1, -0.05) is 25.0 Å². The molecule has 0 saturated heterocycles. The van der Waals surface area contributed by atoms with Gasteiger partial charge in [-0.3, -0.25) is 25.5 Å². The SMILES string of the molecule is O=C(NNC(=O)c1cccc2cn[nH]c12)c1cc2c(s1)CCCCCC2. The maximum absolute atomic E-state index is 12.4. The first-order valence-corrected chi connectivity index (χ1v) is 9.68. The molecule has 26 heavy (non-hydrogen) atoms. The number of aryl methyl sites for hydroxylation is 2. The number of aromatic nitrogens is 2. The van der Waals surface area contributed by atoms with Crippen molar-refractivity contribution in [2.45, 2.75) is 38.5 Å². The Morgan fingerprint density at radius 3 is 2.73 bits per heavy atom. The highest BCUT2D eigenvalue weighted by Crippen LogP contribution is 2.28. The number of hydrazine groups is 1. The zero-order valence-electron chi connectivity index (χ0n) is 14.3. The van der Waals surface area contributed by atoms with Gasteiger partial charge in [0.15, 0.2) is 0 Å². The van der Waals surface area contributed by atoms with E-state index in [9.17, 15) is 9.59 Å². The van der Waals surface area contributed by atoms with Gasteiger partial charge in [-0.15, -0.1) is 11.3 Å². The summed E-state index contributed by atoms with van der Waals surface area (Å²) in [5.41, 5.74) is 7.42. The van der Waals surface area contributed by atoms with Crippen LogP contribution in [0.25, 0.3) is 10.9 Å². The molecule has 2 heterocycles. The number of amides is 2. The molecule has 3 aromatic rings.